The van der Waals surface area contributed by atoms with Gasteiger partial charge in [0.2, 0.25) is 5.91 Å². The van der Waals surface area contributed by atoms with Gasteiger partial charge in [0.25, 0.3) is 0 Å². The Labute approximate surface area is 161 Å². The Morgan fingerprint density at radius 1 is 1.11 bits per heavy atom. The fraction of sp³-hybridized carbons (Fsp3) is 0.250. The summed E-state index contributed by atoms with van der Waals surface area (Å²) in [4.78, 5) is 12.5. The highest BCUT2D eigenvalue weighted by Gasteiger charge is 2.17. The number of hydrogen-bond acceptors (Lipinski definition) is 4. The van der Waals surface area contributed by atoms with Gasteiger partial charge in [0.05, 0.1) is 12.5 Å². The molecule has 27 heavy (non-hydrogen) atoms. The number of hydrogen-bond donors (Lipinski definition) is 1. The molecule has 4 aromatic rings. The Balaban J connectivity index is 1.30. The highest BCUT2D eigenvalue weighted by atomic mass is 32.1. The van der Waals surface area contributed by atoms with E-state index in [9.17, 15) is 4.79 Å². The maximum Gasteiger partial charge on any atom is 0.222 e. The van der Waals surface area contributed by atoms with Crippen LogP contribution in [-0.4, -0.2) is 31.6 Å². The number of carbonyl (C=O) groups is 1. The Morgan fingerprint density at radius 3 is 2.78 bits per heavy atom. The van der Waals surface area contributed by atoms with Crippen molar-refractivity contribution in [3.63, 3.8) is 0 Å². The van der Waals surface area contributed by atoms with Gasteiger partial charge in [-0.3, -0.25) is 9.20 Å². The van der Waals surface area contributed by atoms with E-state index in [1.165, 1.54) is 5.56 Å². The van der Waals surface area contributed by atoms with Crippen LogP contribution in [0.1, 0.15) is 30.3 Å². The maximum absolute atomic E-state index is 12.5. The zero-order valence-electron chi connectivity index (χ0n) is 14.9. The third kappa shape index (κ3) is 4.09. The summed E-state index contributed by atoms with van der Waals surface area (Å²) in [5.41, 5.74) is 2.02. The van der Waals surface area contributed by atoms with Crippen molar-refractivity contribution >= 4 is 22.9 Å². The fourth-order valence-electron chi connectivity index (χ4n) is 3.20. The van der Waals surface area contributed by atoms with E-state index in [-0.39, 0.29) is 11.9 Å². The minimum Gasteiger partial charge on any atom is -0.356 e. The number of rotatable bonds is 8. The number of nitrogens with zero attached hydrogens (tertiary/aromatic N) is 4. The molecule has 0 aliphatic carbocycles. The lowest BCUT2D eigenvalue weighted by Gasteiger charge is -2.18. The Hall–Kier alpha value is -2.93. The lowest BCUT2D eigenvalue weighted by molar-refractivity contribution is -0.121. The summed E-state index contributed by atoms with van der Waals surface area (Å²) in [6, 6.07) is 11.9. The van der Waals surface area contributed by atoms with Gasteiger partial charge >= 0.3 is 0 Å². The predicted molar refractivity (Wildman–Crippen MR) is 106 cm³/mol. The number of fused-ring (bicyclic) bond motifs is 1. The molecule has 0 radical (unpaired) electrons. The highest BCUT2D eigenvalue weighted by Crippen LogP contribution is 2.24. The monoisotopic (exact) mass is 379 g/mol. The molecule has 1 amide bonds. The first-order valence-corrected chi connectivity index (χ1v) is 9.95. The molecule has 7 heteroatoms. The normalized spacial score (nSPS) is 12.3. The van der Waals surface area contributed by atoms with Gasteiger partial charge in [-0.05, 0) is 53.1 Å². The van der Waals surface area contributed by atoms with Gasteiger partial charge < -0.3 is 9.88 Å². The van der Waals surface area contributed by atoms with E-state index < -0.39 is 0 Å². The number of aromatic nitrogens is 4. The zero-order valence-corrected chi connectivity index (χ0v) is 15.7. The smallest absolute Gasteiger partial charge is 0.222 e. The van der Waals surface area contributed by atoms with Crippen molar-refractivity contribution in [2.75, 3.05) is 6.54 Å². The minimum atomic E-state index is 0.0340. The van der Waals surface area contributed by atoms with Crippen LogP contribution in [0.15, 0.2) is 65.7 Å². The van der Waals surface area contributed by atoms with Crippen LogP contribution >= 0.6 is 11.3 Å². The molecule has 4 rings (SSSR count). The first-order chi connectivity index (χ1) is 13.3. The van der Waals surface area contributed by atoms with E-state index >= 15 is 0 Å². The van der Waals surface area contributed by atoms with Gasteiger partial charge in [0.1, 0.15) is 5.82 Å². The first kappa shape index (κ1) is 17.5. The Kier molecular flexibility index (Phi) is 5.29. The molecule has 1 unspecified atom stereocenters. The highest BCUT2D eigenvalue weighted by molar-refractivity contribution is 7.08. The number of amides is 1. The molecule has 4 aromatic heterocycles. The number of thiophene rings is 1. The first-order valence-electron chi connectivity index (χ1n) is 9.01. The SMILES string of the molecule is O=C(CC(c1ccsc1)n1cccc1)NCCCc1nnc2ccccn12. The van der Waals surface area contributed by atoms with Crippen LogP contribution in [0.3, 0.4) is 0 Å². The number of nitrogens with one attached hydrogen (secondary N) is 1. The second-order valence-electron chi connectivity index (χ2n) is 6.41. The molecule has 0 saturated heterocycles. The van der Waals surface area contributed by atoms with Crippen molar-refractivity contribution in [1.29, 1.82) is 0 Å². The third-order valence-corrected chi connectivity index (χ3v) is 5.28. The van der Waals surface area contributed by atoms with Gasteiger partial charge in [-0.25, -0.2) is 0 Å². The number of aryl methyl sites for hydroxylation is 1. The summed E-state index contributed by atoms with van der Waals surface area (Å²) in [7, 11) is 0. The van der Waals surface area contributed by atoms with Crippen LogP contribution in [0.2, 0.25) is 0 Å². The Morgan fingerprint density at radius 2 is 1.96 bits per heavy atom. The van der Waals surface area contributed by atoms with E-state index in [0.717, 1.165) is 24.3 Å². The molecule has 0 aliphatic heterocycles. The van der Waals surface area contributed by atoms with Gasteiger partial charge in [-0.2, -0.15) is 11.3 Å². The average Bonchev–Trinajstić information content (AvgIpc) is 3.45. The van der Waals surface area contributed by atoms with Crippen molar-refractivity contribution in [3.8, 4) is 0 Å². The van der Waals surface area contributed by atoms with Crippen molar-refractivity contribution in [2.24, 2.45) is 0 Å². The summed E-state index contributed by atoms with van der Waals surface area (Å²) in [6.45, 7) is 0.628. The molecule has 0 bridgehead atoms. The molecule has 0 aliphatic rings. The lowest BCUT2D eigenvalue weighted by atomic mass is 10.1. The van der Waals surface area contributed by atoms with E-state index in [2.05, 4.69) is 31.5 Å². The molecule has 0 saturated carbocycles. The van der Waals surface area contributed by atoms with E-state index in [1.54, 1.807) is 11.3 Å². The summed E-state index contributed by atoms with van der Waals surface area (Å²) in [5, 5.41) is 15.6. The fourth-order valence-corrected chi connectivity index (χ4v) is 3.91. The Bertz CT molecular complexity index is 956. The topological polar surface area (TPSA) is 64.2 Å². The van der Waals surface area contributed by atoms with Crippen LogP contribution in [0.25, 0.3) is 5.65 Å². The second kappa shape index (κ2) is 8.18. The molecule has 138 valence electrons. The molecule has 1 atom stereocenters. The van der Waals surface area contributed by atoms with Crippen LogP contribution in [0.5, 0.6) is 0 Å². The summed E-state index contributed by atoms with van der Waals surface area (Å²) in [5.74, 6) is 0.981. The predicted octanol–water partition coefficient (Wildman–Crippen LogP) is 3.32. The third-order valence-electron chi connectivity index (χ3n) is 4.58. The molecule has 4 heterocycles. The molecule has 0 fully saturated rings. The maximum atomic E-state index is 12.5. The molecular weight excluding hydrogens is 358 g/mol. The molecule has 1 N–H and O–H groups in total. The molecular formula is C20H21N5OS. The van der Waals surface area contributed by atoms with Crippen LogP contribution in [0.4, 0.5) is 0 Å². The van der Waals surface area contributed by atoms with Crippen LogP contribution < -0.4 is 5.32 Å². The van der Waals surface area contributed by atoms with E-state index in [1.807, 2.05) is 58.7 Å². The van der Waals surface area contributed by atoms with Gasteiger partial charge in [0.15, 0.2) is 5.65 Å². The molecule has 0 spiro atoms. The second-order valence-corrected chi connectivity index (χ2v) is 7.19. The lowest BCUT2D eigenvalue weighted by Crippen LogP contribution is -2.28. The van der Waals surface area contributed by atoms with Gasteiger partial charge in [-0.1, -0.05) is 6.07 Å². The van der Waals surface area contributed by atoms with Crippen LogP contribution in [0, 0.1) is 0 Å². The van der Waals surface area contributed by atoms with E-state index in [0.29, 0.717) is 13.0 Å². The quantitative estimate of drug-likeness (QED) is 0.478. The van der Waals surface area contributed by atoms with Crippen molar-refractivity contribution < 1.29 is 4.79 Å². The molecule has 0 aromatic carbocycles. The van der Waals surface area contributed by atoms with Crippen molar-refractivity contribution in [3.05, 3.63) is 77.1 Å². The van der Waals surface area contributed by atoms with Crippen molar-refractivity contribution in [2.45, 2.75) is 25.3 Å². The molecule has 6 nitrogen and oxygen atoms in total. The number of carbonyl (C=O) groups excluding carboxylic acids is 1. The number of pyridine rings is 1. The summed E-state index contributed by atoms with van der Waals surface area (Å²) >= 11 is 1.65. The van der Waals surface area contributed by atoms with Gasteiger partial charge in [0, 0.05) is 31.6 Å². The standard InChI is InChI=1S/C20H21N5OS/c26-20(14-17(16-8-13-27-15-16)24-10-3-4-11-24)21-9-5-7-19-23-22-18-6-1-2-12-25(18)19/h1-4,6,8,10-13,15,17H,5,7,9,14H2,(H,21,26). The zero-order chi connectivity index (χ0) is 18.5. The van der Waals surface area contributed by atoms with Crippen LogP contribution in [-0.2, 0) is 11.2 Å². The average molecular weight is 379 g/mol. The van der Waals surface area contributed by atoms with E-state index in [4.69, 9.17) is 0 Å². The minimum absolute atomic E-state index is 0.0340. The van der Waals surface area contributed by atoms with Crippen molar-refractivity contribution in [1.82, 2.24) is 24.5 Å². The summed E-state index contributed by atoms with van der Waals surface area (Å²) in [6.07, 6.45) is 8.01. The van der Waals surface area contributed by atoms with Gasteiger partial charge in [-0.15, -0.1) is 10.2 Å². The summed E-state index contributed by atoms with van der Waals surface area (Å²) < 4.78 is 4.07. The largest absolute Gasteiger partial charge is 0.356 e.